The van der Waals surface area contributed by atoms with Crippen molar-refractivity contribution in [3.8, 4) is 73.2 Å². The van der Waals surface area contributed by atoms with E-state index in [1.54, 1.807) is 0 Å². The predicted octanol–water partition coefficient (Wildman–Crippen LogP) is 13.0. The second-order valence-electron chi connectivity index (χ2n) is 13.7. The number of fused-ring (bicyclic) bond motifs is 3. The average molecular weight is 703 g/mol. The van der Waals surface area contributed by atoms with Crippen molar-refractivity contribution in [3.05, 3.63) is 206 Å². The zero-order valence-electron chi connectivity index (χ0n) is 29.9. The first-order chi connectivity index (χ1) is 27.3. The van der Waals surface area contributed by atoms with Gasteiger partial charge in [0.2, 0.25) is 0 Å². The van der Waals surface area contributed by atoms with E-state index < -0.39 is 0 Å². The molecule has 0 radical (unpaired) electrons. The Morgan fingerprint density at radius 1 is 0.273 bits per heavy atom. The fourth-order valence-electron chi connectivity index (χ4n) is 7.58. The third-order valence-electron chi connectivity index (χ3n) is 10.3. The Kier molecular flexibility index (Phi) is 8.12. The van der Waals surface area contributed by atoms with E-state index in [4.69, 9.17) is 15.0 Å². The second kappa shape index (κ2) is 13.8. The molecule has 0 atom stereocenters. The molecular formula is C51H34N4. The van der Waals surface area contributed by atoms with Gasteiger partial charge in [-0.05, 0) is 69.8 Å². The van der Waals surface area contributed by atoms with Crippen molar-refractivity contribution < 1.29 is 0 Å². The standard InChI is InChI=1S/C51H34N4/c1-5-15-36(16-6-1)45-33-40(29-31-43(45)41-30-32-48-46(34-41)44-23-13-14-24-47(44)55(48)42-21-11-4-12-22-42)35-25-27-39(28-26-35)51-53-49(37-17-7-2-8-18-37)52-50(54-51)38-19-9-3-10-20-38/h1-34H. The first-order valence-corrected chi connectivity index (χ1v) is 18.5. The summed E-state index contributed by atoms with van der Waals surface area (Å²) in [6.07, 6.45) is 0. The summed E-state index contributed by atoms with van der Waals surface area (Å²) in [5, 5.41) is 2.48. The molecule has 4 heteroatoms. The van der Waals surface area contributed by atoms with Gasteiger partial charge >= 0.3 is 0 Å². The van der Waals surface area contributed by atoms with Crippen LogP contribution < -0.4 is 0 Å². The van der Waals surface area contributed by atoms with Crippen LogP contribution in [0.3, 0.4) is 0 Å². The molecule has 0 aliphatic heterocycles. The Morgan fingerprint density at radius 2 is 0.727 bits per heavy atom. The minimum Gasteiger partial charge on any atom is -0.309 e. The van der Waals surface area contributed by atoms with Crippen LogP contribution >= 0.6 is 0 Å². The Hall–Kier alpha value is -7.43. The summed E-state index contributed by atoms with van der Waals surface area (Å²) >= 11 is 0. The topological polar surface area (TPSA) is 43.6 Å². The molecule has 2 heterocycles. The van der Waals surface area contributed by atoms with Crippen molar-refractivity contribution in [2.75, 3.05) is 0 Å². The molecule has 8 aromatic carbocycles. The monoisotopic (exact) mass is 702 g/mol. The summed E-state index contributed by atoms with van der Waals surface area (Å²) in [6.45, 7) is 0. The zero-order chi connectivity index (χ0) is 36.6. The minimum absolute atomic E-state index is 0.642. The normalized spacial score (nSPS) is 11.3. The van der Waals surface area contributed by atoms with Crippen molar-refractivity contribution in [2.45, 2.75) is 0 Å². The fraction of sp³-hybridized carbons (Fsp3) is 0. The van der Waals surface area contributed by atoms with Gasteiger partial charge in [-0.15, -0.1) is 0 Å². The second-order valence-corrected chi connectivity index (χ2v) is 13.7. The van der Waals surface area contributed by atoms with Crippen LogP contribution in [-0.4, -0.2) is 19.5 Å². The van der Waals surface area contributed by atoms with Gasteiger partial charge in [0.05, 0.1) is 11.0 Å². The quantitative estimate of drug-likeness (QED) is 0.166. The van der Waals surface area contributed by atoms with Gasteiger partial charge in [-0.1, -0.05) is 170 Å². The Bertz CT molecular complexity index is 2880. The molecule has 0 saturated carbocycles. The molecule has 10 rings (SSSR count). The van der Waals surface area contributed by atoms with E-state index in [0.29, 0.717) is 17.5 Å². The van der Waals surface area contributed by atoms with Gasteiger partial charge < -0.3 is 4.57 Å². The molecule has 0 saturated heterocycles. The number of rotatable bonds is 7. The molecule has 258 valence electrons. The predicted molar refractivity (Wildman–Crippen MR) is 227 cm³/mol. The summed E-state index contributed by atoms with van der Waals surface area (Å²) in [4.78, 5) is 14.7. The maximum Gasteiger partial charge on any atom is 0.164 e. The lowest BCUT2D eigenvalue weighted by Crippen LogP contribution is -2.00. The molecule has 55 heavy (non-hydrogen) atoms. The molecule has 2 aromatic heterocycles. The Balaban J connectivity index is 1.06. The van der Waals surface area contributed by atoms with Crippen molar-refractivity contribution in [1.82, 2.24) is 19.5 Å². The molecule has 0 aliphatic carbocycles. The van der Waals surface area contributed by atoms with Gasteiger partial charge in [-0.2, -0.15) is 0 Å². The summed E-state index contributed by atoms with van der Waals surface area (Å²) in [7, 11) is 0. The number of para-hydroxylation sites is 2. The molecule has 0 amide bonds. The van der Waals surface area contributed by atoms with Gasteiger partial charge in [0.1, 0.15) is 0 Å². The molecule has 10 aromatic rings. The lowest BCUT2D eigenvalue weighted by molar-refractivity contribution is 1.07. The molecule has 0 aliphatic rings. The van der Waals surface area contributed by atoms with E-state index in [1.807, 2.05) is 60.7 Å². The summed E-state index contributed by atoms with van der Waals surface area (Å²) in [6, 6.07) is 72.4. The number of benzene rings is 8. The van der Waals surface area contributed by atoms with Crippen LogP contribution in [0.4, 0.5) is 0 Å². The fourth-order valence-corrected chi connectivity index (χ4v) is 7.58. The summed E-state index contributed by atoms with van der Waals surface area (Å²) < 4.78 is 2.36. The number of aromatic nitrogens is 4. The maximum absolute atomic E-state index is 4.94. The highest BCUT2D eigenvalue weighted by Crippen LogP contribution is 2.40. The van der Waals surface area contributed by atoms with Gasteiger partial charge in [0.15, 0.2) is 17.5 Å². The van der Waals surface area contributed by atoms with Crippen molar-refractivity contribution in [1.29, 1.82) is 0 Å². The van der Waals surface area contributed by atoms with Crippen LogP contribution in [0.15, 0.2) is 206 Å². The highest BCUT2D eigenvalue weighted by molar-refractivity contribution is 6.11. The first-order valence-electron chi connectivity index (χ1n) is 18.5. The van der Waals surface area contributed by atoms with Crippen LogP contribution in [-0.2, 0) is 0 Å². The van der Waals surface area contributed by atoms with Crippen LogP contribution in [0.5, 0.6) is 0 Å². The Morgan fingerprint density at radius 3 is 1.35 bits per heavy atom. The van der Waals surface area contributed by atoms with Gasteiger partial charge in [-0.3, -0.25) is 0 Å². The SMILES string of the molecule is c1ccc(-c2nc(-c3ccccc3)nc(-c3ccc(-c4ccc(-c5ccc6c(c5)c5ccccc5n6-c5ccccc5)c(-c5ccccc5)c4)cc3)n2)cc1. The van der Waals surface area contributed by atoms with Gasteiger partial charge in [-0.25, -0.2) is 15.0 Å². The van der Waals surface area contributed by atoms with E-state index in [2.05, 4.69) is 150 Å². The van der Waals surface area contributed by atoms with E-state index in [-0.39, 0.29) is 0 Å². The average Bonchev–Trinajstić information content (AvgIpc) is 3.61. The van der Waals surface area contributed by atoms with Crippen LogP contribution in [0, 0.1) is 0 Å². The van der Waals surface area contributed by atoms with E-state index in [1.165, 1.54) is 44.1 Å². The smallest absolute Gasteiger partial charge is 0.164 e. The number of hydrogen-bond acceptors (Lipinski definition) is 3. The molecule has 0 bridgehead atoms. The molecule has 0 fully saturated rings. The highest BCUT2D eigenvalue weighted by Gasteiger charge is 2.17. The zero-order valence-corrected chi connectivity index (χ0v) is 29.9. The third-order valence-corrected chi connectivity index (χ3v) is 10.3. The molecule has 4 nitrogen and oxygen atoms in total. The molecule has 0 unspecified atom stereocenters. The molecular weight excluding hydrogens is 669 g/mol. The van der Waals surface area contributed by atoms with Crippen molar-refractivity contribution >= 4 is 21.8 Å². The van der Waals surface area contributed by atoms with Crippen LogP contribution in [0.2, 0.25) is 0 Å². The van der Waals surface area contributed by atoms with E-state index in [9.17, 15) is 0 Å². The summed E-state index contributed by atoms with van der Waals surface area (Å²) in [5.74, 6) is 1.95. The van der Waals surface area contributed by atoms with Crippen molar-refractivity contribution in [3.63, 3.8) is 0 Å². The third kappa shape index (κ3) is 6.06. The number of hydrogen-bond donors (Lipinski definition) is 0. The van der Waals surface area contributed by atoms with Crippen molar-refractivity contribution in [2.24, 2.45) is 0 Å². The first kappa shape index (κ1) is 32.2. The van der Waals surface area contributed by atoms with Crippen LogP contribution in [0.1, 0.15) is 0 Å². The van der Waals surface area contributed by atoms with Crippen LogP contribution in [0.25, 0.3) is 95.0 Å². The Labute approximate surface area is 319 Å². The largest absolute Gasteiger partial charge is 0.309 e. The van der Waals surface area contributed by atoms with E-state index >= 15 is 0 Å². The lowest BCUT2D eigenvalue weighted by Gasteiger charge is -2.14. The lowest BCUT2D eigenvalue weighted by atomic mass is 9.90. The van der Waals surface area contributed by atoms with E-state index in [0.717, 1.165) is 33.5 Å². The minimum atomic E-state index is 0.642. The molecule has 0 spiro atoms. The van der Waals surface area contributed by atoms with Gasteiger partial charge in [0, 0.05) is 33.2 Å². The summed E-state index contributed by atoms with van der Waals surface area (Å²) in [5.41, 5.74) is 13.4. The maximum atomic E-state index is 4.94. The highest BCUT2D eigenvalue weighted by atomic mass is 15.0. The molecule has 0 N–H and O–H groups in total. The number of nitrogens with zero attached hydrogens (tertiary/aromatic N) is 4. The van der Waals surface area contributed by atoms with Gasteiger partial charge in [0.25, 0.3) is 0 Å².